The van der Waals surface area contributed by atoms with E-state index in [0.29, 0.717) is 0 Å². The second kappa shape index (κ2) is 4.52. The lowest BCUT2D eigenvalue weighted by atomic mass is 9.89. The molecule has 1 aliphatic heterocycles. The Morgan fingerprint density at radius 3 is 2.47 bits per heavy atom. The highest BCUT2D eigenvalue weighted by molar-refractivity contribution is 6.18. The number of barbiturate groups is 1. The molecule has 0 spiro atoms. The molecule has 0 aromatic carbocycles. The minimum Gasteiger partial charge on any atom is -0.355 e. The zero-order valence-electron chi connectivity index (χ0n) is 9.99. The molecule has 7 nitrogen and oxygen atoms in total. The van der Waals surface area contributed by atoms with E-state index in [0.717, 1.165) is 4.90 Å². The molecule has 1 aliphatic rings. The van der Waals surface area contributed by atoms with Gasteiger partial charge in [-0.25, -0.2) is 4.79 Å². The van der Waals surface area contributed by atoms with Gasteiger partial charge in [0.05, 0.1) is 0 Å². The lowest BCUT2D eigenvalue weighted by molar-refractivity contribution is -0.149. The number of nitrogens with zero attached hydrogens (tertiary/aromatic N) is 1. The number of imide groups is 2. The van der Waals surface area contributed by atoms with Gasteiger partial charge in [0.1, 0.15) is 5.41 Å². The second-order valence-electron chi connectivity index (χ2n) is 4.32. The van der Waals surface area contributed by atoms with Gasteiger partial charge in [0.15, 0.2) is 0 Å². The highest BCUT2D eigenvalue weighted by atomic mass is 16.2. The fourth-order valence-corrected chi connectivity index (χ4v) is 1.39. The predicted octanol–water partition coefficient (Wildman–Crippen LogP) is -0.773. The van der Waals surface area contributed by atoms with Crippen molar-refractivity contribution in [1.82, 2.24) is 15.5 Å². The summed E-state index contributed by atoms with van der Waals surface area (Å²) in [6, 6.07) is -0.746. The lowest BCUT2D eigenvalue weighted by Crippen LogP contribution is -2.62. The van der Waals surface area contributed by atoms with Gasteiger partial charge in [0.25, 0.3) is 0 Å². The molecular formula is C10H15N3O4. The molecule has 0 bridgehead atoms. The first-order valence-corrected chi connectivity index (χ1v) is 5.18. The number of carbonyl (C=O) groups is 4. The molecule has 0 atom stereocenters. The summed E-state index contributed by atoms with van der Waals surface area (Å²) >= 11 is 0. The molecule has 0 aromatic heterocycles. The minimum atomic E-state index is -1.26. The van der Waals surface area contributed by atoms with Crippen LogP contribution in [0.5, 0.6) is 0 Å². The minimum absolute atomic E-state index is 0.0426. The normalized spacial score (nSPS) is 19.0. The van der Waals surface area contributed by atoms with E-state index in [1.807, 2.05) is 0 Å². The van der Waals surface area contributed by atoms with Gasteiger partial charge in [-0.1, -0.05) is 0 Å². The molecule has 5 amide bonds. The molecule has 94 valence electrons. The Morgan fingerprint density at radius 2 is 1.94 bits per heavy atom. The largest absolute Gasteiger partial charge is 0.355 e. The number of hydrogen-bond donors (Lipinski definition) is 2. The van der Waals surface area contributed by atoms with Gasteiger partial charge >= 0.3 is 6.03 Å². The van der Waals surface area contributed by atoms with Crippen molar-refractivity contribution in [2.45, 2.75) is 20.8 Å². The molecule has 2 N–H and O–H groups in total. The average molecular weight is 241 g/mol. The summed E-state index contributed by atoms with van der Waals surface area (Å²) in [7, 11) is 0. The smallest absolute Gasteiger partial charge is 0.330 e. The van der Waals surface area contributed by atoms with Crippen molar-refractivity contribution in [2.24, 2.45) is 5.41 Å². The summed E-state index contributed by atoms with van der Waals surface area (Å²) in [5, 5.41) is 4.58. The van der Waals surface area contributed by atoms with Crippen LogP contribution in [0.2, 0.25) is 0 Å². The van der Waals surface area contributed by atoms with Crippen LogP contribution in [0.15, 0.2) is 0 Å². The number of hydrogen-bond acceptors (Lipinski definition) is 4. The van der Waals surface area contributed by atoms with E-state index in [4.69, 9.17) is 0 Å². The van der Waals surface area contributed by atoms with Crippen molar-refractivity contribution in [2.75, 3.05) is 13.1 Å². The summed E-state index contributed by atoms with van der Waals surface area (Å²) < 4.78 is 0. The zero-order chi connectivity index (χ0) is 13.2. The van der Waals surface area contributed by atoms with Gasteiger partial charge in [0, 0.05) is 20.0 Å². The molecule has 0 unspecified atom stereocenters. The third kappa shape index (κ3) is 2.61. The van der Waals surface area contributed by atoms with Crippen molar-refractivity contribution in [1.29, 1.82) is 0 Å². The maximum absolute atomic E-state index is 11.9. The molecule has 0 aromatic rings. The van der Waals surface area contributed by atoms with Crippen molar-refractivity contribution in [3.8, 4) is 0 Å². The molecule has 1 heterocycles. The van der Waals surface area contributed by atoms with Crippen LogP contribution in [0, 0.1) is 5.41 Å². The van der Waals surface area contributed by atoms with Gasteiger partial charge in [-0.05, 0) is 13.8 Å². The van der Waals surface area contributed by atoms with Crippen LogP contribution in [0.4, 0.5) is 4.79 Å². The summed E-state index contributed by atoms with van der Waals surface area (Å²) in [6.45, 7) is 4.44. The van der Waals surface area contributed by atoms with Crippen LogP contribution < -0.4 is 10.6 Å². The highest BCUT2D eigenvalue weighted by Crippen LogP contribution is 2.22. The summed E-state index contributed by atoms with van der Waals surface area (Å²) in [6.07, 6.45) is 0. The summed E-state index contributed by atoms with van der Waals surface area (Å²) in [4.78, 5) is 46.3. The Morgan fingerprint density at radius 1 is 1.35 bits per heavy atom. The van der Waals surface area contributed by atoms with E-state index >= 15 is 0 Å². The van der Waals surface area contributed by atoms with E-state index in [-0.39, 0.29) is 19.0 Å². The van der Waals surface area contributed by atoms with E-state index in [9.17, 15) is 19.2 Å². The molecule has 7 heteroatoms. The van der Waals surface area contributed by atoms with E-state index in [1.165, 1.54) is 20.8 Å². The second-order valence-corrected chi connectivity index (χ2v) is 4.32. The number of nitrogens with one attached hydrogen (secondary N) is 2. The fourth-order valence-electron chi connectivity index (χ4n) is 1.39. The van der Waals surface area contributed by atoms with Gasteiger partial charge in [-0.2, -0.15) is 0 Å². The number of amides is 5. The number of rotatable bonds is 3. The van der Waals surface area contributed by atoms with Gasteiger partial charge in [-0.3, -0.25) is 24.6 Å². The first-order chi connectivity index (χ1) is 7.76. The maximum Gasteiger partial charge on any atom is 0.330 e. The molecule has 0 radical (unpaired) electrons. The molecule has 1 fully saturated rings. The van der Waals surface area contributed by atoms with Crippen LogP contribution in [0.1, 0.15) is 20.8 Å². The Bertz CT molecular complexity index is 389. The molecule has 17 heavy (non-hydrogen) atoms. The first-order valence-electron chi connectivity index (χ1n) is 5.18. The predicted molar refractivity (Wildman–Crippen MR) is 57.7 cm³/mol. The van der Waals surface area contributed by atoms with E-state index in [2.05, 4.69) is 10.6 Å². The molecule has 0 aliphatic carbocycles. The molecular weight excluding hydrogens is 226 g/mol. The Kier molecular flexibility index (Phi) is 3.50. The quantitative estimate of drug-likeness (QED) is 0.634. The van der Waals surface area contributed by atoms with Crippen LogP contribution in [0.25, 0.3) is 0 Å². The average Bonchev–Trinajstić information content (AvgIpc) is 2.20. The lowest BCUT2D eigenvalue weighted by Gasteiger charge is -2.34. The van der Waals surface area contributed by atoms with Crippen LogP contribution in [-0.2, 0) is 14.4 Å². The van der Waals surface area contributed by atoms with Crippen LogP contribution in [-0.4, -0.2) is 41.7 Å². The Labute approximate surface area is 98.5 Å². The van der Waals surface area contributed by atoms with Crippen molar-refractivity contribution in [3.05, 3.63) is 0 Å². The summed E-state index contributed by atoms with van der Waals surface area (Å²) in [5.41, 5.74) is -1.26. The maximum atomic E-state index is 11.9. The van der Waals surface area contributed by atoms with Crippen molar-refractivity contribution in [3.63, 3.8) is 0 Å². The monoisotopic (exact) mass is 241 g/mol. The zero-order valence-corrected chi connectivity index (χ0v) is 9.99. The third-order valence-electron chi connectivity index (χ3n) is 2.52. The van der Waals surface area contributed by atoms with Gasteiger partial charge in [0.2, 0.25) is 17.7 Å². The molecule has 0 saturated carbocycles. The number of carbonyl (C=O) groups excluding carboxylic acids is 4. The SMILES string of the molecule is CC(=O)NCCN1C(=O)NC(=O)C(C)(C)C1=O. The van der Waals surface area contributed by atoms with Crippen molar-refractivity contribution >= 4 is 23.8 Å². The molecule has 1 saturated heterocycles. The topological polar surface area (TPSA) is 95.6 Å². The number of urea groups is 1. The standard InChI is InChI=1S/C10H15N3O4/c1-6(14)11-4-5-13-8(16)10(2,3)7(15)12-9(13)17/h4-5H2,1-3H3,(H,11,14)(H,12,15,17). The van der Waals surface area contributed by atoms with E-state index < -0.39 is 23.3 Å². The Balaban J connectivity index is 2.71. The van der Waals surface area contributed by atoms with Crippen LogP contribution >= 0.6 is 0 Å². The van der Waals surface area contributed by atoms with Crippen molar-refractivity contribution < 1.29 is 19.2 Å². The highest BCUT2D eigenvalue weighted by Gasteiger charge is 2.46. The van der Waals surface area contributed by atoms with Gasteiger partial charge < -0.3 is 5.32 Å². The van der Waals surface area contributed by atoms with Gasteiger partial charge in [-0.15, -0.1) is 0 Å². The summed E-state index contributed by atoms with van der Waals surface area (Å²) in [5.74, 6) is -1.41. The molecule has 1 rings (SSSR count). The van der Waals surface area contributed by atoms with Crippen LogP contribution in [0.3, 0.4) is 0 Å². The Hall–Kier alpha value is -1.92. The van der Waals surface area contributed by atoms with E-state index in [1.54, 1.807) is 0 Å². The third-order valence-corrected chi connectivity index (χ3v) is 2.52. The first kappa shape index (κ1) is 13.1. The fraction of sp³-hybridized carbons (Fsp3) is 0.600.